The normalized spacial score (nSPS) is 12.7. The number of hydrogen-bond acceptors (Lipinski definition) is 2. The molecule has 0 saturated carbocycles. The van der Waals surface area contributed by atoms with E-state index in [1.807, 2.05) is 6.92 Å². The summed E-state index contributed by atoms with van der Waals surface area (Å²) in [6.07, 6.45) is 4.54. The van der Waals surface area contributed by atoms with E-state index < -0.39 is 0 Å². The molecule has 1 unspecified atom stereocenters. The van der Waals surface area contributed by atoms with Crippen molar-refractivity contribution in [3.63, 3.8) is 0 Å². The summed E-state index contributed by atoms with van der Waals surface area (Å²) in [5.41, 5.74) is 6.33. The van der Waals surface area contributed by atoms with E-state index in [-0.39, 0.29) is 11.9 Å². The van der Waals surface area contributed by atoms with Gasteiger partial charge in [-0.2, -0.15) is 0 Å². The van der Waals surface area contributed by atoms with Crippen LogP contribution in [0.15, 0.2) is 18.5 Å². The lowest BCUT2D eigenvalue weighted by atomic mass is 10.2. The van der Waals surface area contributed by atoms with Gasteiger partial charge in [0, 0.05) is 37.9 Å². The molecular formula is C11H19N3O. The Morgan fingerprint density at radius 2 is 2.40 bits per heavy atom. The van der Waals surface area contributed by atoms with Crippen LogP contribution in [0.3, 0.4) is 0 Å². The Bertz CT molecular complexity index is 319. The van der Waals surface area contributed by atoms with Gasteiger partial charge in [-0.3, -0.25) is 4.79 Å². The van der Waals surface area contributed by atoms with E-state index in [2.05, 4.69) is 35.3 Å². The minimum Gasteiger partial charge on any atom is -0.370 e. The topological polar surface area (TPSA) is 60.1 Å². The molecule has 3 N–H and O–H groups in total. The zero-order valence-electron chi connectivity index (χ0n) is 9.36. The van der Waals surface area contributed by atoms with Crippen molar-refractivity contribution in [2.45, 2.75) is 39.4 Å². The summed E-state index contributed by atoms with van der Waals surface area (Å²) in [5.74, 6) is -0.263. The number of nitrogens with two attached hydrogens (primary N) is 1. The first kappa shape index (κ1) is 11.8. The van der Waals surface area contributed by atoms with Gasteiger partial charge < -0.3 is 15.6 Å². The number of nitrogens with one attached hydrogen (secondary N) is 1. The number of amides is 1. The second-order valence-corrected chi connectivity index (χ2v) is 3.80. The molecule has 0 saturated heterocycles. The third-order valence-corrected chi connectivity index (χ3v) is 2.34. The van der Waals surface area contributed by atoms with Gasteiger partial charge in [-0.15, -0.1) is 0 Å². The molecule has 1 amide bonds. The summed E-state index contributed by atoms with van der Waals surface area (Å²) in [6, 6.07) is 2.21. The maximum atomic E-state index is 10.6. The van der Waals surface area contributed by atoms with Gasteiger partial charge in [0.1, 0.15) is 0 Å². The first-order valence-corrected chi connectivity index (χ1v) is 5.28. The predicted molar refractivity (Wildman–Crippen MR) is 60.2 cm³/mol. The Morgan fingerprint density at radius 3 is 2.93 bits per heavy atom. The highest BCUT2D eigenvalue weighted by Gasteiger charge is 2.05. The summed E-state index contributed by atoms with van der Waals surface area (Å²) in [6.45, 7) is 5.83. The molecule has 1 aromatic rings. The standard InChI is InChI=1S/C11H19N3O/c1-3-14-5-4-10(8-14)7-13-9(2)6-11(12)15/h4-5,8-9,13H,3,6-7H2,1-2H3,(H2,12,15). The monoisotopic (exact) mass is 209 g/mol. The fourth-order valence-corrected chi connectivity index (χ4v) is 1.46. The van der Waals surface area contributed by atoms with Crippen LogP contribution in [-0.2, 0) is 17.9 Å². The average Bonchev–Trinajstić information content (AvgIpc) is 2.61. The van der Waals surface area contributed by atoms with E-state index >= 15 is 0 Å². The van der Waals surface area contributed by atoms with E-state index in [1.54, 1.807) is 0 Å². The highest BCUT2D eigenvalue weighted by molar-refractivity contribution is 5.74. The first-order chi connectivity index (χ1) is 7.11. The van der Waals surface area contributed by atoms with Crippen LogP contribution in [0, 0.1) is 0 Å². The van der Waals surface area contributed by atoms with Gasteiger partial charge in [0.05, 0.1) is 0 Å². The first-order valence-electron chi connectivity index (χ1n) is 5.28. The quantitative estimate of drug-likeness (QED) is 0.730. The van der Waals surface area contributed by atoms with Gasteiger partial charge in [0.15, 0.2) is 0 Å². The summed E-state index contributed by atoms with van der Waals surface area (Å²) in [5, 5.41) is 3.25. The number of carbonyl (C=O) groups is 1. The molecule has 0 aromatic carbocycles. The lowest BCUT2D eigenvalue weighted by molar-refractivity contribution is -0.118. The third kappa shape index (κ3) is 4.16. The van der Waals surface area contributed by atoms with Gasteiger partial charge in [0.2, 0.25) is 5.91 Å². The average molecular weight is 209 g/mol. The number of nitrogens with zero attached hydrogens (tertiary/aromatic N) is 1. The van der Waals surface area contributed by atoms with E-state index in [4.69, 9.17) is 5.73 Å². The highest BCUT2D eigenvalue weighted by Crippen LogP contribution is 2.01. The second kappa shape index (κ2) is 5.56. The Hall–Kier alpha value is -1.29. The molecule has 0 fully saturated rings. The van der Waals surface area contributed by atoms with Crippen LogP contribution < -0.4 is 11.1 Å². The fourth-order valence-electron chi connectivity index (χ4n) is 1.46. The molecule has 84 valence electrons. The van der Waals surface area contributed by atoms with Gasteiger partial charge >= 0.3 is 0 Å². The fraction of sp³-hybridized carbons (Fsp3) is 0.545. The minimum atomic E-state index is -0.263. The lowest BCUT2D eigenvalue weighted by Crippen LogP contribution is -2.30. The summed E-state index contributed by atoms with van der Waals surface area (Å²) < 4.78 is 2.12. The van der Waals surface area contributed by atoms with Crippen LogP contribution in [0.4, 0.5) is 0 Å². The molecule has 4 nitrogen and oxygen atoms in total. The second-order valence-electron chi connectivity index (χ2n) is 3.80. The molecule has 0 aliphatic heterocycles. The van der Waals surface area contributed by atoms with Crippen LogP contribution in [0.1, 0.15) is 25.8 Å². The summed E-state index contributed by atoms with van der Waals surface area (Å²) >= 11 is 0. The number of aromatic nitrogens is 1. The summed E-state index contributed by atoms with van der Waals surface area (Å²) in [4.78, 5) is 10.6. The van der Waals surface area contributed by atoms with Crippen molar-refractivity contribution in [1.82, 2.24) is 9.88 Å². The molecule has 0 aliphatic rings. The Labute approximate surface area is 90.5 Å². The molecule has 0 radical (unpaired) electrons. The largest absolute Gasteiger partial charge is 0.370 e. The number of rotatable bonds is 6. The zero-order valence-corrected chi connectivity index (χ0v) is 9.36. The van der Waals surface area contributed by atoms with Crippen molar-refractivity contribution < 1.29 is 4.79 Å². The molecule has 0 bridgehead atoms. The van der Waals surface area contributed by atoms with E-state index in [0.717, 1.165) is 13.1 Å². The molecule has 1 rings (SSSR count). The number of aryl methyl sites for hydroxylation is 1. The predicted octanol–water partition coefficient (Wildman–Crippen LogP) is 0.861. The Kier molecular flexibility index (Phi) is 4.37. The Balaban J connectivity index is 2.33. The molecule has 0 spiro atoms. The van der Waals surface area contributed by atoms with Crippen LogP contribution in [0.5, 0.6) is 0 Å². The van der Waals surface area contributed by atoms with Crippen LogP contribution >= 0.6 is 0 Å². The molecule has 4 heteroatoms. The van der Waals surface area contributed by atoms with Crippen LogP contribution in [0.25, 0.3) is 0 Å². The van der Waals surface area contributed by atoms with Crippen LogP contribution in [0.2, 0.25) is 0 Å². The van der Waals surface area contributed by atoms with E-state index in [9.17, 15) is 4.79 Å². The molecule has 0 aliphatic carbocycles. The SMILES string of the molecule is CCn1ccc(CNC(C)CC(N)=O)c1. The van der Waals surface area contributed by atoms with Crippen molar-refractivity contribution in [3.8, 4) is 0 Å². The van der Waals surface area contributed by atoms with Crippen molar-refractivity contribution in [1.29, 1.82) is 0 Å². The summed E-state index contributed by atoms with van der Waals surface area (Å²) in [7, 11) is 0. The number of carbonyl (C=O) groups excluding carboxylic acids is 1. The van der Waals surface area contributed by atoms with Gasteiger partial charge in [-0.1, -0.05) is 0 Å². The molecule has 15 heavy (non-hydrogen) atoms. The molecule has 1 aromatic heterocycles. The van der Waals surface area contributed by atoms with Crippen molar-refractivity contribution >= 4 is 5.91 Å². The van der Waals surface area contributed by atoms with Crippen LogP contribution in [-0.4, -0.2) is 16.5 Å². The van der Waals surface area contributed by atoms with Gasteiger partial charge in [-0.05, 0) is 25.5 Å². The highest BCUT2D eigenvalue weighted by atomic mass is 16.1. The lowest BCUT2D eigenvalue weighted by Gasteiger charge is -2.10. The van der Waals surface area contributed by atoms with Gasteiger partial charge in [0.25, 0.3) is 0 Å². The third-order valence-electron chi connectivity index (χ3n) is 2.34. The van der Waals surface area contributed by atoms with E-state index in [0.29, 0.717) is 6.42 Å². The minimum absolute atomic E-state index is 0.132. The molecule has 1 atom stereocenters. The maximum absolute atomic E-state index is 10.6. The maximum Gasteiger partial charge on any atom is 0.218 e. The molecule has 1 heterocycles. The van der Waals surface area contributed by atoms with Crippen molar-refractivity contribution in [2.24, 2.45) is 5.73 Å². The molecular weight excluding hydrogens is 190 g/mol. The van der Waals surface area contributed by atoms with Crippen molar-refractivity contribution in [3.05, 3.63) is 24.0 Å². The number of hydrogen-bond donors (Lipinski definition) is 2. The van der Waals surface area contributed by atoms with Gasteiger partial charge in [-0.25, -0.2) is 0 Å². The Morgan fingerprint density at radius 1 is 1.67 bits per heavy atom. The van der Waals surface area contributed by atoms with Crippen molar-refractivity contribution in [2.75, 3.05) is 0 Å². The number of primary amides is 1. The smallest absolute Gasteiger partial charge is 0.218 e. The zero-order chi connectivity index (χ0) is 11.3. The van der Waals surface area contributed by atoms with E-state index in [1.165, 1.54) is 5.56 Å².